The molecule has 0 aliphatic rings. The zero-order valence-corrected chi connectivity index (χ0v) is 34.8. The Bertz CT molecular complexity index is 4350. The van der Waals surface area contributed by atoms with Crippen LogP contribution in [0.2, 0.25) is 0 Å². The number of hydrogen-bond donors (Lipinski definition) is 0. The van der Waals surface area contributed by atoms with Crippen molar-refractivity contribution < 1.29 is 15.4 Å². The summed E-state index contributed by atoms with van der Waals surface area (Å²) in [7, 11) is 0. The normalized spacial score (nSPS) is 13.4. The van der Waals surface area contributed by atoms with Crippen LogP contribution in [0.4, 0.5) is 17.1 Å². The molecule has 11 aromatic carbocycles. The number of anilines is 3. The summed E-state index contributed by atoms with van der Waals surface area (Å²) in [5, 5.41) is 7.25. The van der Waals surface area contributed by atoms with Crippen LogP contribution in [0, 0.1) is 0 Å². The fourth-order valence-electron chi connectivity index (χ4n) is 9.52. The van der Waals surface area contributed by atoms with Crippen LogP contribution in [-0.4, -0.2) is 4.57 Å². The number of nitrogens with zero attached hydrogens (tertiary/aromatic N) is 2. The summed E-state index contributed by atoms with van der Waals surface area (Å²) in [6.07, 6.45) is 0. The molecule has 3 heteroatoms. The summed E-state index contributed by atoms with van der Waals surface area (Å²) in [4.78, 5) is 1.38. The second-order valence-electron chi connectivity index (χ2n) is 16.2. The van der Waals surface area contributed by atoms with Gasteiger partial charge in [-0.2, -0.15) is 0 Å². The molecule has 2 heterocycles. The van der Waals surface area contributed by atoms with Gasteiger partial charge in [-0.05, 0) is 122 Å². The topological polar surface area (TPSA) is 21.3 Å². The van der Waals surface area contributed by atoms with Crippen molar-refractivity contribution in [2.24, 2.45) is 0 Å². The molecule has 13 rings (SSSR count). The van der Waals surface area contributed by atoms with Gasteiger partial charge in [0.05, 0.1) is 33.1 Å². The minimum Gasteiger partial charge on any atom is -0.455 e. The third-order valence-corrected chi connectivity index (χ3v) is 12.5. The highest BCUT2D eigenvalue weighted by Crippen LogP contribution is 2.45. The Labute approximate surface area is 387 Å². The van der Waals surface area contributed by atoms with Crippen molar-refractivity contribution in [1.29, 1.82) is 0 Å². The quantitative estimate of drug-likeness (QED) is 0.159. The molecule has 0 atom stereocenters. The molecule has 0 bridgehead atoms. The number of furan rings is 1. The van der Waals surface area contributed by atoms with Gasteiger partial charge in [-0.3, -0.25) is 0 Å². The molecule has 0 spiro atoms. The number of rotatable bonds is 7. The van der Waals surface area contributed by atoms with Gasteiger partial charge in [-0.1, -0.05) is 170 Å². The van der Waals surface area contributed by atoms with Gasteiger partial charge in [-0.25, -0.2) is 0 Å². The zero-order valence-electron chi connectivity index (χ0n) is 42.8. The van der Waals surface area contributed by atoms with Crippen molar-refractivity contribution in [2.45, 2.75) is 0 Å². The van der Waals surface area contributed by atoms with Gasteiger partial charge in [0, 0.05) is 38.6 Å². The predicted octanol–water partition coefficient (Wildman–Crippen LogP) is 17.5. The maximum absolute atomic E-state index is 9.91. The molecular formula is C62H40N2O. The first-order valence-electron chi connectivity index (χ1n) is 25.6. The molecule has 0 fully saturated rings. The van der Waals surface area contributed by atoms with Crippen molar-refractivity contribution in [3.63, 3.8) is 0 Å². The van der Waals surface area contributed by atoms with E-state index in [0.717, 1.165) is 60.2 Å². The van der Waals surface area contributed by atoms with Crippen molar-refractivity contribution >= 4 is 82.4 Å². The molecule has 0 saturated heterocycles. The van der Waals surface area contributed by atoms with Gasteiger partial charge in [0.2, 0.25) is 0 Å². The molecule has 0 amide bonds. The van der Waals surface area contributed by atoms with E-state index in [1.54, 1.807) is 30.3 Å². The zero-order chi connectivity index (χ0) is 49.8. The van der Waals surface area contributed by atoms with Crippen LogP contribution in [0.3, 0.4) is 0 Å². The maximum Gasteiger partial charge on any atom is 0.143 e. The van der Waals surface area contributed by atoms with E-state index >= 15 is 0 Å². The number of aromatic nitrogens is 1. The lowest BCUT2D eigenvalue weighted by atomic mass is 9.95. The molecule has 304 valence electrons. The minimum atomic E-state index is -0.433. The molecule has 0 unspecified atom stereocenters. The van der Waals surface area contributed by atoms with Gasteiger partial charge in [-0.15, -0.1) is 0 Å². The van der Waals surface area contributed by atoms with Gasteiger partial charge >= 0.3 is 0 Å². The lowest BCUT2D eigenvalue weighted by molar-refractivity contribution is 0.672. The molecule has 0 aliphatic heterocycles. The monoisotopic (exact) mass is 836 g/mol. The highest BCUT2D eigenvalue weighted by atomic mass is 16.3. The van der Waals surface area contributed by atoms with Crippen LogP contribution < -0.4 is 4.90 Å². The van der Waals surface area contributed by atoms with Crippen LogP contribution in [0.25, 0.3) is 104 Å². The van der Waals surface area contributed by atoms with E-state index < -0.39 is 24.2 Å². The molecular weight excluding hydrogens is 789 g/mol. The molecule has 13 aromatic rings. The van der Waals surface area contributed by atoms with Crippen LogP contribution in [0.1, 0.15) is 11.0 Å². The van der Waals surface area contributed by atoms with Gasteiger partial charge in [0.15, 0.2) is 0 Å². The van der Waals surface area contributed by atoms with Crippen molar-refractivity contribution in [3.05, 3.63) is 242 Å². The molecule has 65 heavy (non-hydrogen) atoms. The number of para-hydroxylation sites is 2. The summed E-state index contributed by atoms with van der Waals surface area (Å²) in [6.45, 7) is 0. The Hall–Kier alpha value is -8.66. The first-order chi connectivity index (χ1) is 35.6. The first-order valence-corrected chi connectivity index (χ1v) is 21.6. The summed E-state index contributed by atoms with van der Waals surface area (Å²) in [5.74, 6) is 0. The van der Waals surface area contributed by atoms with Crippen LogP contribution in [-0.2, 0) is 0 Å². The van der Waals surface area contributed by atoms with E-state index in [4.69, 9.17) is 4.42 Å². The number of benzene rings is 11. The third kappa shape index (κ3) is 6.12. The first kappa shape index (κ1) is 29.6. The molecule has 2 aromatic heterocycles. The third-order valence-electron chi connectivity index (χ3n) is 12.5. The summed E-state index contributed by atoms with van der Waals surface area (Å²) >= 11 is 0. The molecule has 0 radical (unpaired) electrons. The van der Waals surface area contributed by atoms with E-state index in [-0.39, 0.29) is 46.7 Å². The number of hydrogen-bond acceptors (Lipinski definition) is 2. The fraction of sp³-hybridized carbons (Fsp3) is 0. The van der Waals surface area contributed by atoms with Gasteiger partial charge in [0.25, 0.3) is 0 Å². The van der Waals surface area contributed by atoms with Crippen LogP contribution >= 0.6 is 0 Å². The minimum absolute atomic E-state index is 0.0701. The Balaban J connectivity index is 1.04. The Morgan fingerprint density at radius 3 is 1.63 bits per heavy atom. The second-order valence-corrected chi connectivity index (χ2v) is 16.2. The highest BCUT2D eigenvalue weighted by Gasteiger charge is 2.21. The average molecular weight is 837 g/mol. The van der Waals surface area contributed by atoms with Crippen LogP contribution in [0.5, 0.6) is 0 Å². The number of fused-ring (bicyclic) bond motifs is 9. The van der Waals surface area contributed by atoms with Crippen molar-refractivity contribution in [1.82, 2.24) is 4.57 Å². The Kier molecular flexibility index (Phi) is 6.84. The smallest absolute Gasteiger partial charge is 0.143 e. The molecule has 0 aliphatic carbocycles. The Morgan fingerprint density at radius 2 is 0.923 bits per heavy atom. The largest absolute Gasteiger partial charge is 0.455 e. The summed E-state index contributed by atoms with van der Waals surface area (Å²) in [6, 6.07) is 59.2. The van der Waals surface area contributed by atoms with Gasteiger partial charge in [0.1, 0.15) is 11.2 Å². The fourth-order valence-corrected chi connectivity index (χ4v) is 9.52. The van der Waals surface area contributed by atoms with E-state index in [9.17, 15) is 11.0 Å². The highest BCUT2D eigenvalue weighted by molar-refractivity contribution is 6.19. The van der Waals surface area contributed by atoms with E-state index in [0.29, 0.717) is 38.8 Å². The van der Waals surface area contributed by atoms with Crippen molar-refractivity contribution in [2.75, 3.05) is 4.90 Å². The van der Waals surface area contributed by atoms with Gasteiger partial charge < -0.3 is 13.9 Å². The Morgan fingerprint density at radius 1 is 0.385 bits per heavy atom. The lowest BCUT2D eigenvalue weighted by Crippen LogP contribution is -2.10. The second kappa shape index (κ2) is 15.0. The molecule has 0 saturated carbocycles. The molecule has 0 N–H and O–H groups in total. The lowest BCUT2D eigenvalue weighted by Gasteiger charge is -2.26. The summed E-state index contributed by atoms with van der Waals surface area (Å²) in [5.41, 5.74) is 6.44. The SMILES string of the molecule is [2H]c1c([2H])c(N(c2c([2H])c([2H])c(-c3cccc(-n4c5ccccc5c5ccccc54)c3)c([2H])c2[2H])c2cccc3oc4c5ccccc5ccc4c23)c([2H])c([2H])c1-c1cccc(-c2cccc3ccccc23)c1. The maximum atomic E-state index is 9.91. The van der Waals surface area contributed by atoms with E-state index in [1.807, 2.05) is 140 Å². The molecule has 3 nitrogen and oxygen atoms in total. The summed E-state index contributed by atoms with van der Waals surface area (Å²) < 4.78 is 87.2. The van der Waals surface area contributed by atoms with Crippen LogP contribution in [0.15, 0.2) is 247 Å². The average Bonchev–Trinajstić information content (AvgIpc) is 3.98. The standard InChI is InChI=1S/C62H40N2O/c1-3-20-51-43(13-1)15-11-24-52(51)47-18-9-16-45(39-47)41-29-34-48(35-30-41)63(59-27-12-28-60-61(59)56-38-33-44-14-2-4-21-53(44)62(56)65-60)49-36-31-42(32-37-49)46-17-10-19-50(40-46)64-57-25-7-5-22-54(57)55-23-6-8-26-58(55)64/h1-40H/i29D,30D,31D,32D,34D,35D,36D,37D. The predicted molar refractivity (Wildman–Crippen MR) is 274 cm³/mol. The van der Waals surface area contributed by atoms with E-state index in [2.05, 4.69) is 28.8 Å². The van der Waals surface area contributed by atoms with Crippen molar-refractivity contribution in [3.8, 4) is 39.1 Å². The van der Waals surface area contributed by atoms with E-state index in [1.165, 1.54) is 4.90 Å².